The highest BCUT2D eigenvalue weighted by Crippen LogP contribution is 2.73. The average Bonchev–Trinajstić information content (AvgIpc) is 3.38. The van der Waals surface area contributed by atoms with E-state index in [0.29, 0.717) is 25.7 Å². The summed E-state index contributed by atoms with van der Waals surface area (Å²) in [7, 11) is 0. The fourth-order valence-corrected chi connectivity index (χ4v) is 9.52. The Kier molecular flexibility index (Phi) is 6.98. The molecule has 0 N–H and O–H groups in total. The maximum Gasteiger partial charge on any atom is 0.331 e. The normalized spacial score (nSPS) is 41.0. The minimum absolute atomic E-state index is 0.129. The molecular weight excluding hydrogens is 528 g/mol. The minimum Gasteiger partial charge on any atom is -0.472 e. The van der Waals surface area contributed by atoms with Crippen LogP contribution in [0.4, 0.5) is 0 Å². The van der Waals surface area contributed by atoms with Crippen molar-refractivity contribution in [1.29, 1.82) is 0 Å². The van der Waals surface area contributed by atoms with Crippen molar-refractivity contribution in [2.24, 2.45) is 33.5 Å². The molecule has 0 spiro atoms. The molecular formula is C32H42O9. The highest BCUT2D eigenvalue weighted by Gasteiger charge is 2.72. The topological polar surface area (TPSA) is 118 Å². The van der Waals surface area contributed by atoms with Crippen LogP contribution in [0.3, 0.4) is 0 Å². The first-order chi connectivity index (χ1) is 19.1. The molecule has 9 heteroatoms. The van der Waals surface area contributed by atoms with Crippen LogP contribution in [-0.4, -0.2) is 42.2 Å². The summed E-state index contributed by atoms with van der Waals surface area (Å²) in [6.07, 6.45) is 4.82. The third-order valence-electron chi connectivity index (χ3n) is 11.2. The minimum atomic E-state index is -0.770. The van der Waals surface area contributed by atoms with Crippen LogP contribution in [0.25, 0.3) is 0 Å². The first-order valence-electron chi connectivity index (χ1n) is 14.5. The molecule has 0 bridgehead atoms. The second kappa shape index (κ2) is 9.73. The lowest BCUT2D eigenvalue weighted by molar-refractivity contribution is -0.264. The summed E-state index contributed by atoms with van der Waals surface area (Å²) >= 11 is 0. The molecule has 0 saturated heterocycles. The second-order valence-corrected chi connectivity index (χ2v) is 13.7. The van der Waals surface area contributed by atoms with Gasteiger partial charge in [-0.05, 0) is 42.7 Å². The molecule has 3 fully saturated rings. The molecule has 1 aliphatic heterocycles. The molecule has 3 saturated carbocycles. The predicted molar refractivity (Wildman–Crippen MR) is 146 cm³/mol. The SMILES string of the molecule is CC(=O)OC1CC(OC(C)=O)[C@]2(C)C(CC(OC(C)=O)[C@@]3(C)C4=CC(=O)OC(c5ccoc5)[C@]4(C)CCC32)C1(C)C. The number of rotatable bonds is 4. The Bertz CT molecular complexity index is 1280. The Labute approximate surface area is 241 Å². The van der Waals surface area contributed by atoms with Gasteiger partial charge in [0.25, 0.3) is 0 Å². The Balaban J connectivity index is 1.70. The first kappa shape index (κ1) is 29.4. The van der Waals surface area contributed by atoms with E-state index in [9.17, 15) is 19.2 Å². The Morgan fingerprint density at radius 1 is 0.854 bits per heavy atom. The molecule has 5 rings (SSSR count). The number of ether oxygens (including phenoxy) is 4. The molecule has 9 atom stereocenters. The summed E-state index contributed by atoms with van der Waals surface area (Å²) < 4.78 is 29.4. The highest BCUT2D eigenvalue weighted by atomic mass is 16.6. The van der Waals surface area contributed by atoms with Gasteiger partial charge in [-0.25, -0.2) is 4.79 Å². The molecule has 3 aliphatic carbocycles. The van der Waals surface area contributed by atoms with Gasteiger partial charge in [0.05, 0.1) is 12.5 Å². The van der Waals surface area contributed by atoms with Gasteiger partial charge in [-0.2, -0.15) is 0 Å². The summed E-state index contributed by atoms with van der Waals surface area (Å²) in [5.41, 5.74) is -0.780. The van der Waals surface area contributed by atoms with Gasteiger partial charge in [0.1, 0.15) is 24.4 Å². The third-order valence-corrected chi connectivity index (χ3v) is 11.2. The van der Waals surface area contributed by atoms with Crippen molar-refractivity contribution in [2.45, 2.75) is 105 Å². The average molecular weight is 571 g/mol. The number of cyclic esters (lactones) is 1. The lowest BCUT2D eigenvalue weighted by atomic mass is 9.36. The van der Waals surface area contributed by atoms with Crippen molar-refractivity contribution in [1.82, 2.24) is 0 Å². The standard InChI is InChI=1S/C32H42O9/c1-17(33)38-24-15-26(40-19(3)35)31(7)21-9-11-30(6)23(14-27(36)41-28(30)20-10-12-37-16-20)32(21,8)25(39-18(2)34)13-22(31)29(24,4)5/h10,12,14,16,21-22,24-26,28H,9,11,13,15H2,1-8H3/t21?,22?,24?,25?,26?,28?,30-,31+,32-/m1/s1. The van der Waals surface area contributed by atoms with Gasteiger partial charge in [-0.3, -0.25) is 14.4 Å². The number of carbonyl (C=O) groups is 4. The van der Waals surface area contributed by atoms with Crippen LogP contribution in [0.5, 0.6) is 0 Å². The van der Waals surface area contributed by atoms with Crippen LogP contribution in [0, 0.1) is 33.5 Å². The van der Waals surface area contributed by atoms with Crippen molar-refractivity contribution >= 4 is 23.9 Å². The number of esters is 4. The predicted octanol–water partition coefficient (Wildman–Crippen LogP) is 5.48. The monoisotopic (exact) mass is 570 g/mol. The molecule has 4 aliphatic rings. The number of fused-ring (bicyclic) bond motifs is 5. The van der Waals surface area contributed by atoms with Crippen LogP contribution < -0.4 is 0 Å². The van der Waals surface area contributed by atoms with E-state index in [1.807, 2.05) is 6.07 Å². The van der Waals surface area contributed by atoms with Crippen molar-refractivity contribution in [2.75, 3.05) is 0 Å². The number of hydrogen-bond donors (Lipinski definition) is 0. The molecule has 1 aromatic rings. The third kappa shape index (κ3) is 4.33. The van der Waals surface area contributed by atoms with Crippen LogP contribution in [-0.2, 0) is 38.1 Å². The second-order valence-electron chi connectivity index (χ2n) is 13.7. The van der Waals surface area contributed by atoms with E-state index in [4.69, 9.17) is 23.4 Å². The Morgan fingerprint density at radius 2 is 1.46 bits per heavy atom. The van der Waals surface area contributed by atoms with Gasteiger partial charge in [0.15, 0.2) is 0 Å². The maximum absolute atomic E-state index is 13.2. The van der Waals surface area contributed by atoms with E-state index in [1.54, 1.807) is 18.6 Å². The van der Waals surface area contributed by atoms with Crippen molar-refractivity contribution < 1.29 is 42.5 Å². The van der Waals surface area contributed by atoms with E-state index >= 15 is 0 Å². The lowest BCUT2D eigenvalue weighted by Gasteiger charge is -2.70. The molecule has 2 heterocycles. The van der Waals surface area contributed by atoms with Crippen LogP contribution in [0.15, 0.2) is 34.7 Å². The van der Waals surface area contributed by atoms with E-state index in [-0.39, 0.29) is 11.8 Å². The molecule has 1 aromatic heterocycles. The zero-order valence-corrected chi connectivity index (χ0v) is 25.3. The lowest BCUT2D eigenvalue weighted by Crippen LogP contribution is -2.70. The van der Waals surface area contributed by atoms with Crippen molar-refractivity contribution in [3.63, 3.8) is 0 Å². The molecule has 224 valence electrons. The summed E-state index contributed by atoms with van der Waals surface area (Å²) in [5, 5.41) is 0. The molecule has 41 heavy (non-hydrogen) atoms. The summed E-state index contributed by atoms with van der Waals surface area (Å²) in [4.78, 5) is 50.4. The van der Waals surface area contributed by atoms with Crippen molar-refractivity contribution in [3.05, 3.63) is 35.8 Å². The Morgan fingerprint density at radius 3 is 2.05 bits per heavy atom. The summed E-state index contributed by atoms with van der Waals surface area (Å²) in [6.45, 7) is 14.7. The van der Waals surface area contributed by atoms with Crippen molar-refractivity contribution in [3.8, 4) is 0 Å². The fraction of sp³-hybridized carbons (Fsp3) is 0.688. The van der Waals surface area contributed by atoms with Gasteiger partial charge >= 0.3 is 23.9 Å². The van der Waals surface area contributed by atoms with Gasteiger partial charge in [0, 0.05) is 60.5 Å². The van der Waals surface area contributed by atoms with Gasteiger partial charge in [-0.15, -0.1) is 0 Å². The Hall–Kier alpha value is -3.10. The number of furan rings is 1. The smallest absolute Gasteiger partial charge is 0.331 e. The van der Waals surface area contributed by atoms with Crippen LogP contribution in [0.2, 0.25) is 0 Å². The van der Waals surface area contributed by atoms with Gasteiger partial charge in [0.2, 0.25) is 0 Å². The van der Waals surface area contributed by atoms with E-state index < -0.39 is 70.0 Å². The quantitative estimate of drug-likeness (QED) is 0.343. The van der Waals surface area contributed by atoms with E-state index in [1.165, 1.54) is 20.8 Å². The summed E-state index contributed by atoms with van der Waals surface area (Å²) in [6, 6.07) is 1.82. The van der Waals surface area contributed by atoms with E-state index in [2.05, 4.69) is 34.6 Å². The zero-order valence-electron chi connectivity index (χ0n) is 25.3. The first-order valence-corrected chi connectivity index (χ1v) is 14.5. The molecule has 0 amide bonds. The number of carbonyl (C=O) groups excluding carboxylic acids is 4. The zero-order chi connectivity index (χ0) is 30.1. The fourth-order valence-electron chi connectivity index (χ4n) is 9.52. The maximum atomic E-state index is 13.2. The molecule has 0 aromatic carbocycles. The van der Waals surface area contributed by atoms with Gasteiger partial charge in [-0.1, -0.05) is 34.6 Å². The highest BCUT2D eigenvalue weighted by molar-refractivity contribution is 5.85. The summed E-state index contributed by atoms with van der Waals surface area (Å²) in [5.74, 6) is -1.91. The molecule has 9 nitrogen and oxygen atoms in total. The molecule has 0 radical (unpaired) electrons. The van der Waals surface area contributed by atoms with Crippen LogP contribution >= 0.6 is 0 Å². The van der Waals surface area contributed by atoms with Crippen LogP contribution in [0.1, 0.15) is 92.7 Å². The van der Waals surface area contributed by atoms with Gasteiger partial charge < -0.3 is 23.4 Å². The number of hydrogen-bond acceptors (Lipinski definition) is 9. The largest absolute Gasteiger partial charge is 0.472 e. The van der Waals surface area contributed by atoms with E-state index in [0.717, 1.165) is 11.1 Å². The molecule has 6 unspecified atom stereocenters.